The van der Waals surface area contributed by atoms with Crippen molar-refractivity contribution in [2.45, 2.75) is 12.5 Å². The third-order valence-electron chi connectivity index (χ3n) is 1.84. The van der Waals surface area contributed by atoms with Gasteiger partial charge in [0.05, 0.1) is 0 Å². The average Bonchev–Trinajstić information content (AvgIpc) is 2.25. The van der Waals surface area contributed by atoms with E-state index in [0.717, 1.165) is 17.9 Å². The molecule has 1 rings (SSSR count). The lowest BCUT2D eigenvalue weighted by Gasteiger charge is -2.05. The smallest absolute Gasteiger partial charge is 0.321 e. The van der Waals surface area contributed by atoms with Gasteiger partial charge in [0, 0.05) is 17.6 Å². The second-order valence-corrected chi connectivity index (χ2v) is 4.24. The van der Waals surface area contributed by atoms with Gasteiger partial charge in [0.1, 0.15) is 6.04 Å². The summed E-state index contributed by atoms with van der Waals surface area (Å²) in [5.74, 6) is 0.348. The molecule has 0 saturated carbocycles. The molecule has 0 radical (unpaired) electrons. The van der Waals surface area contributed by atoms with Gasteiger partial charge in [-0.05, 0) is 24.3 Å². The van der Waals surface area contributed by atoms with E-state index in [9.17, 15) is 4.79 Å². The van der Waals surface area contributed by atoms with E-state index in [0.29, 0.717) is 5.75 Å². The molecule has 1 unspecified atom stereocenters. The van der Waals surface area contributed by atoms with Gasteiger partial charge in [-0.25, -0.2) is 0 Å². The van der Waals surface area contributed by atoms with Crippen LogP contribution >= 0.6 is 11.8 Å². The Hall–Kier alpha value is -1.07. The number of nitrogens with two attached hydrogens (primary N) is 1. The van der Waals surface area contributed by atoms with E-state index in [2.05, 4.69) is 4.98 Å². The van der Waals surface area contributed by atoms with Crippen LogP contribution in [-0.4, -0.2) is 33.6 Å². The van der Waals surface area contributed by atoms with Crippen molar-refractivity contribution in [3.8, 4) is 0 Å². The molecule has 0 bridgehead atoms. The highest BCUT2D eigenvalue weighted by molar-refractivity contribution is 7.99. The number of hydrogen-bond acceptors (Lipinski definition) is 4. The van der Waals surface area contributed by atoms with Gasteiger partial charge in [-0.1, -0.05) is 6.07 Å². The Morgan fingerprint density at radius 1 is 1.60 bits per heavy atom. The van der Waals surface area contributed by atoms with Crippen LogP contribution in [0.1, 0.15) is 5.69 Å². The molecule has 0 aliphatic rings. The molecule has 5 heteroatoms. The van der Waals surface area contributed by atoms with Gasteiger partial charge in [0.2, 0.25) is 0 Å². The fourth-order valence-electron chi connectivity index (χ4n) is 1.00. The van der Waals surface area contributed by atoms with E-state index < -0.39 is 12.0 Å². The number of carboxylic acid groups (broad SMARTS) is 1. The lowest BCUT2D eigenvalue weighted by atomic mass is 10.3. The number of nitrogens with zero attached hydrogens (tertiary/aromatic N) is 1. The summed E-state index contributed by atoms with van der Waals surface area (Å²) < 4.78 is 0. The van der Waals surface area contributed by atoms with Crippen LogP contribution < -0.4 is 5.73 Å². The Morgan fingerprint density at radius 3 is 3.00 bits per heavy atom. The van der Waals surface area contributed by atoms with Crippen molar-refractivity contribution in [3.05, 3.63) is 30.1 Å². The van der Waals surface area contributed by atoms with Crippen LogP contribution in [0.25, 0.3) is 0 Å². The van der Waals surface area contributed by atoms with Crippen molar-refractivity contribution in [1.82, 2.24) is 4.98 Å². The Labute approximate surface area is 92.9 Å². The molecule has 82 valence electrons. The predicted octanol–water partition coefficient (Wildman–Crippen LogP) is 0.769. The van der Waals surface area contributed by atoms with Gasteiger partial charge in [-0.15, -0.1) is 0 Å². The summed E-state index contributed by atoms with van der Waals surface area (Å²) >= 11 is 1.54. The van der Waals surface area contributed by atoms with E-state index in [1.165, 1.54) is 11.8 Å². The minimum absolute atomic E-state index is 0.447. The first-order valence-electron chi connectivity index (χ1n) is 4.66. The number of aryl methyl sites for hydroxylation is 1. The Balaban J connectivity index is 2.15. The molecule has 0 amide bonds. The molecule has 1 aromatic rings. The van der Waals surface area contributed by atoms with Crippen LogP contribution in [-0.2, 0) is 11.2 Å². The summed E-state index contributed by atoms with van der Waals surface area (Å²) in [6.45, 7) is 0. The number of aromatic nitrogens is 1. The van der Waals surface area contributed by atoms with Gasteiger partial charge >= 0.3 is 5.97 Å². The molecular weight excluding hydrogens is 212 g/mol. The van der Waals surface area contributed by atoms with Crippen LogP contribution in [0, 0.1) is 0 Å². The average molecular weight is 226 g/mol. The molecule has 0 aliphatic heterocycles. The third-order valence-corrected chi connectivity index (χ3v) is 2.93. The van der Waals surface area contributed by atoms with Gasteiger partial charge in [-0.2, -0.15) is 11.8 Å². The Kier molecular flexibility index (Phi) is 5.14. The standard InChI is InChI=1S/C10H14N2O2S/c11-9(10(13)14)7-15-6-4-8-3-1-2-5-12-8/h1-3,5,9H,4,6-7,11H2,(H,13,14). The highest BCUT2D eigenvalue weighted by atomic mass is 32.2. The molecule has 1 heterocycles. The topological polar surface area (TPSA) is 76.2 Å². The van der Waals surface area contributed by atoms with Crippen LogP contribution in [0.4, 0.5) is 0 Å². The highest BCUT2D eigenvalue weighted by Gasteiger charge is 2.10. The van der Waals surface area contributed by atoms with E-state index in [1.54, 1.807) is 6.20 Å². The number of thioether (sulfide) groups is 1. The number of carbonyl (C=O) groups is 1. The van der Waals surface area contributed by atoms with Gasteiger partial charge in [-0.3, -0.25) is 9.78 Å². The van der Waals surface area contributed by atoms with Crippen molar-refractivity contribution in [2.75, 3.05) is 11.5 Å². The molecule has 15 heavy (non-hydrogen) atoms. The van der Waals surface area contributed by atoms with Gasteiger partial charge in [0.15, 0.2) is 0 Å². The summed E-state index contributed by atoms with van der Waals surface area (Å²) in [6, 6.07) is 5.00. The minimum Gasteiger partial charge on any atom is -0.480 e. The second-order valence-electron chi connectivity index (χ2n) is 3.09. The molecule has 0 aromatic carbocycles. The number of rotatable bonds is 6. The van der Waals surface area contributed by atoms with Gasteiger partial charge in [0.25, 0.3) is 0 Å². The van der Waals surface area contributed by atoms with Crippen LogP contribution in [0.3, 0.4) is 0 Å². The molecule has 1 aromatic heterocycles. The summed E-state index contributed by atoms with van der Waals surface area (Å²) in [5.41, 5.74) is 6.38. The SMILES string of the molecule is NC(CSCCc1ccccn1)C(=O)O. The fraction of sp³-hybridized carbons (Fsp3) is 0.400. The highest BCUT2D eigenvalue weighted by Crippen LogP contribution is 2.05. The van der Waals surface area contributed by atoms with E-state index in [4.69, 9.17) is 10.8 Å². The van der Waals surface area contributed by atoms with E-state index in [1.807, 2.05) is 18.2 Å². The first kappa shape index (κ1) is 12.0. The van der Waals surface area contributed by atoms with Crippen LogP contribution in [0.15, 0.2) is 24.4 Å². The molecule has 3 N–H and O–H groups in total. The molecule has 0 fully saturated rings. The van der Waals surface area contributed by atoms with Crippen molar-refractivity contribution < 1.29 is 9.90 Å². The number of pyridine rings is 1. The first-order valence-corrected chi connectivity index (χ1v) is 5.81. The third kappa shape index (κ3) is 4.80. The molecule has 4 nitrogen and oxygen atoms in total. The normalized spacial score (nSPS) is 12.3. The zero-order valence-corrected chi connectivity index (χ0v) is 9.11. The molecule has 0 saturated heterocycles. The monoisotopic (exact) mass is 226 g/mol. The zero-order valence-electron chi connectivity index (χ0n) is 8.30. The van der Waals surface area contributed by atoms with Crippen molar-refractivity contribution in [3.63, 3.8) is 0 Å². The van der Waals surface area contributed by atoms with Crippen molar-refractivity contribution in [1.29, 1.82) is 0 Å². The fourth-order valence-corrected chi connectivity index (χ4v) is 1.92. The summed E-state index contributed by atoms with van der Waals surface area (Å²) in [7, 11) is 0. The Morgan fingerprint density at radius 2 is 2.40 bits per heavy atom. The van der Waals surface area contributed by atoms with Gasteiger partial charge < -0.3 is 10.8 Å². The van der Waals surface area contributed by atoms with Crippen LogP contribution in [0.5, 0.6) is 0 Å². The quantitative estimate of drug-likeness (QED) is 0.701. The number of hydrogen-bond donors (Lipinski definition) is 2. The van der Waals surface area contributed by atoms with E-state index >= 15 is 0 Å². The molecule has 0 spiro atoms. The predicted molar refractivity (Wildman–Crippen MR) is 60.9 cm³/mol. The number of carboxylic acids is 1. The zero-order chi connectivity index (χ0) is 11.1. The van der Waals surface area contributed by atoms with Crippen LogP contribution in [0.2, 0.25) is 0 Å². The van der Waals surface area contributed by atoms with Crippen molar-refractivity contribution in [2.24, 2.45) is 5.73 Å². The summed E-state index contributed by atoms with van der Waals surface area (Å²) in [4.78, 5) is 14.6. The minimum atomic E-state index is -0.944. The maximum atomic E-state index is 10.4. The Bertz CT molecular complexity index is 306. The molecule has 1 atom stereocenters. The maximum Gasteiger partial charge on any atom is 0.321 e. The lowest BCUT2D eigenvalue weighted by molar-refractivity contribution is -0.137. The lowest BCUT2D eigenvalue weighted by Crippen LogP contribution is -2.32. The summed E-state index contributed by atoms with van der Waals surface area (Å²) in [5, 5.41) is 8.55. The largest absolute Gasteiger partial charge is 0.480 e. The van der Waals surface area contributed by atoms with E-state index in [-0.39, 0.29) is 0 Å². The number of aliphatic carboxylic acids is 1. The summed E-state index contributed by atoms with van der Waals surface area (Å²) in [6.07, 6.45) is 2.60. The molecular formula is C10H14N2O2S. The van der Waals surface area contributed by atoms with Crippen molar-refractivity contribution >= 4 is 17.7 Å². The molecule has 0 aliphatic carbocycles. The second kappa shape index (κ2) is 6.42. The first-order chi connectivity index (χ1) is 7.20. The maximum absolute atomic E-state index is 10.4.